The maximum Gasteiger partial charge on any atom is 0.227 e. The van der Waals surface area contributed by atoms with Crippen LogP contribution < -0.4 is 5.32 Å². The van der Waals surface area contributed by atoms with Gasteiger partial charge >= 0.3 is 0 Å². The number of anilines is 1. The van der Waals surface area contributed by atoms with Crippen molar-refractivity contribution in [1.82, 2.24) is 0 Å². The molecule has 1 aliphatic carbocycles. The topological polar surface area (TPSA) is 49.3 Å². The molecule has 1 unspecified atom stereocenters. The number of fused-ring (bicyclic) bond motifs is 1. The third-order valence-corrected chi connectivity index (χ3v) is 4.12. The third kappa shape index (κ3) is 3.02. The summed E-state index contributed by atoms with van der Waals surface area (Å²) in [5, 5.41) is 13.5. The van der Waals surface area contributed by atoms with Crippen LogP contribution in [0.4, 0.5) is 10.1 Å². The molecule has 0 aliphatic heterocycles. The number of hydrogen-bond donors (Lipinski definition) is 2. The second-order valence-corrected chi connectivity index (χ2v) is 5.78. The zero-order valence-electron chi connectivity index (χ0n) is 12.2. The molecule has 22 heavy (non-hydrogen) atoms. The first-order valence-electron chi connectivity index (χ1n) is 7.43. The Morgan fingerprint density at radius 1 is 1.23 bits per heavy atom. The second kappa shape index (κ2) is 5.89. The van der Waals surface area contributed by atoms with Crippen LogP contribution in [0, 0.1) is 5.82 Å². The normalized spacial score (nSPS) is 20.3. The Balaban J connectivity index is 1.76. The van der Waals surface area contributed by atoms with Gasteiger partial charge in [-0.3, -0.25) is 4.79 Å². The van der Waals surface area contributed by atoms with E-state index in [0.29, 0.717) is 12.1 Å². The fourth-order valence-corrected chi connectivity index (χ4v) is 3.12. The van der Waals surface area contributed by atoms with E-state index in [1.54, 1.807) is 6.07 Å². The molecule has 1 amide bonds. The van der Waals surface area contributed by atoms with E-state index in [1.807, 2.05) is 24.3 Å². The lowest BCUT2D eigenvalue weighted by Gasteiger charge is -2.34. The number of nitrogens with one attached hydrogen (secondary N) is 1. The number of carbonyl (C=O) groups excluding carboxylic acids is 1. The molecule has 2 aromatic carbocycles. The van der Waals surface area contributed by atoms with Gasteiger partial charge in [-0.1, -0.05) is 30.3 Å². The van der Waals surface area contributed by atoms with E-state index >= 15 is 0 Å². The highest BCUT2D eigenvalue weighted by atomic mass is 19.1. The van der Waals surface area contributed by atoms with Crippen molar-refractivity contribution in [2.24, 2.45) is 0 Å². The molecule has 0 bridgehead atoms. The largest absolute Gasteiger partial charge is 0.385 e. The first-order chi connectivity index (χ1) is 10.6. The van der Waals surface area contributed by atoms with E-state index in [0.717, 1.165) is 24.0 Å². The van der Waals surface area contributed by atoms with Gasteiger partial charge in [0.05, 0.1) is 12.0 Å². The Kier molecular flexibility index (Phi) is 3.94. The van der Waals surface area contributed by atoms with Crippen molar-refractivity contribution in [3.8, 4) is 0 Å². The van der Waals surface area contributed by atoms with Gasteiger partial charge in [0, 0.05) is 5.69 Å². The van der Waals surface area contributed by atoms with Crippen LogP contribution in [-0.4, -0.2) is 11.0 Å². The molecule has 0 saturated heterocycles. The predicted molar refractivity (Wildman–Crippen MR) is 82.9 cm³/mol. The van der Waals surface area contributed by atoms with Gasteiger partial charge in [-0.05, 0) is 48.6 Å². The zero-order valence-corrected chi connectivity index (χ0v) is 12.2. The summed E-state index contributed by atoms with van der Waals surface area (Å²) in [6.45, 7) is 0. The first kappa shape index (κ1) is 14.7. The van der Waals surface area contributed by atoms with Gasteiger partial charge < -0.3 is 10.4 Å². The van der Waals surface area contributed by atoms with Crippen molar-refractivity contribution < 1.29 is 14.3 Å². The van der Waals surface area contributed by atoms with Crippen LogP contribution >= 0.6 is 0 Å². The van der Waals surface area contributed by atoms with Crippen LogP contribution in [0.1, 0.15) is 30.4 Å². The maximum absolute atomic E-state index is 13.1. The minimum Gasteiger partial charge on any atom is -0.385 e. The molecule has 2 aromatic rings. The van der Waals surface area contributed by atoms with Gasteiger partial charge in [0.15, 0.2) is 0 Å². The van der Waals surface area contributed by atoms with Crippen molar-refractivity contribution in [1.29, 1.82) is 0 Å². The third-order valence-electron chi connectivity index (χ3n) is 4.12. The summed E-state index contributed by atoms with van der Waals surface area (Å²) in [6, 6.07) is 13.4. The Hall–Kier alpha value is -2.20. The molecule has 3 rings (SSSR count). The summed E-state index contributed by atoms with van der Waals surface area (Å²) in [7, 11) is 0. The van der Waals surface area contributed by atoms with Crippen molar-refractivity contribution in [2.45, 2.75) is 31.3 Å². The summed E-state index contributed by atoms with van der Waals surface area (Å²) in [4.78, 5) is 12.2. The van der Waals surface area contributed by atoms with Crippen molar-refractivity contribution >= 4 is 11.6 Å². The molecule has 0 heterocycles. The maximum atomic E-state index is 13.1. The summed E-state index contributed by atoms with van der Waals surface area (Å²) >= 11 is 0. The molecule has 1 atom stereocenters. The molecule has 2 N–H and O–H groups in total. The standard InChI is InChI=1S/C18H18FNO2/c19-14-7-3-8-15(11-14)20-17(21)12-18(22)10-4-6-13-5-1-2-9-16(13)18/h1-3,5,7-9,11,22H,4,6,10,12H2,(H,20,21). The summed E-state index contributed by atoms with van der Waals surface area (Å²) in [5.41, 5.74) is 1.18. The van der Waals surface area contributed by atoms with E-state index in [4.69, 9.17) is 0 Å². The number of carbonyl (C=O) groups is 1. The van der Waals surface area contributed by atoms with Crippen molar-refractivity contribution in [2.75, 3.05) is 5.32 Å². The van der Waals surface area contributed by atoms with Crippen LogP contribution in [0.15, 0.2) is 48.5 Å². The number of amides is 1. The fraction of sp³-hybridized carbons (Fsp3) is 0.278. The number of aliphatic hydroxyl groups is 1. The Bertz CT molecular complexity index is 701. The summed E-state index contributed by atoms with van der Waals surface area (Å²) in [6.07, 6.45) is 2.30. The Morgan fingerprint density at radius 3 is 2.86 bits per heavy atom. The number of hydrogen-bond acceptors (Lipinski definition) is 2. The fourth-order valence-electron chi connectivity index (χ4n) is 3.12. The Morgan fingerprint density at radius 2 is 2.05 bits per heavy atom. The van der Waals surface area contributed by atoms with Gasteiger partial charge in [0.2, 0.25) is 5.91 Å². The molecular weight excluding hydrogens is 281 g/mol. The monoisotopic (exact) mass is 299 g/mol. The highest BCUT2D eigenvalue weighted by Gasteiger charge is 2.36. The summed E-state index contributed by atoms with van der Waals surface area (Å²) < 4.78 is 13.1. The molecule has 3 nitrogen and oxygen atoms in total. The van der Waals surface area contributed by atoms with Gasteiger partial charge in [-0.25, -0.2) is 4.39 Å². The number of aryl methyl sites for hydroxylation is 1. The average molecular weight is 299 g/mol. The molecule has 0 fully saturated rings. The smallest absolute Gasteiger partial charge is 0.227 e. The SMILES string of the molecule is O=C(CC1(O)CCCc2ccccc21)Nc1cccc(F)c1. The van der Waals surface area contributed by atoms with E-state index in [-0.39, 0.29) is 12.3 Å². The van der Waals surface area contributed by atoms with Gasteiger partial charge in [0.25, 0.3) is 0 Å². The van der Waals surface area contributed by atoms with Crippen molar-refractivity contribution in [3.63, 3.8) is 0 Å². The van der Waals surface area contributed by atoms with E-state index in [2.05, 4.69) is 5.32 Å². The Labute approximate surface area is 128 Å². The van der Waals surface area contributed by atoms with Crippen LogP contribution in [0.5, 0.6) is 0 Å². The predicted octanol–water partition coefficient (Wildman–Crippen LogP) is 3.38. The molecule has 0 radical (unpaired) electrons. The van der Waals surface area contributed by atoms with Gasteiger partial charge in [-0.2, -0.15) is 0 Å². The van der Waals surface area contributed by atoms with Crippen LogP contribution in [0.2, 0.25) is 0 Å². The van der Waals surface area contributed by atoms with Crippen LogP contribution in [0.3, 0.4) is 0 Å². The number of halogens is 1. The number of rotatable bonds is 3. The minimum absolute atomic E-state index is 0.0273. The number of benzene rings is 2. The molecule has 0 saturated carbocycles. The lowest BCUT2D eigenvalue weighted by molar-refractivity contribution is -0.122. The quantitative estimate of drug-likeness (QED) is 0.913. The molecule has 0 spiro atoms. The molecule has 4 heteroatoms. The highest BCUT2D eigenvalue weighted by Crippen LogP contribution is 2.37. The van der Waals surface area contributed by atoms with E-state index < -0.39 is 11.4 Å². The minimum atomic E-state index is -1.15. The van der Waals surface area contributed by atoms with E-state index in [9.17, 15) is 14.3 Å². The van der Waals surface area contributed by atoms with Gasteiger partial charge in [-0.15, -0.1) is 0 Å². The molecule has 1 aliphatic rings. The van der Waals surface area contributed by atoms with Crippen LogP contribution in [-0.2, 0) is 16.8 Å². The summed E-state index contributed by atoms with van der Waals surface area (Å²) in [5.74, 6) is -0.718. The van der Waals surface area contributed by atoms with Gasteiger partial charge in [0.1, 0.15) is 5.82 Å². The van der Waals surface area contributed by atoms with E-state index in [1.165, 1.54) is 18.2 Å². The molecule has 114 valence electrons. The lowest BCUT2D eigenvalue weighted by atomic mass is 9.77. The molecular formula is C18H18FNO2. The molecule has 0 aromatic heterocycles. The van der Waals surface area contributed by atoms with Crippen LogP contribution in [0.25, 0.3) is 0 Å². The van der Waals surface area contributed by atoms with Crippen molar-refractivity contribution in [3.05, 3.63) is 65.5 Å². The first-order valence-corrected chi connectivity index (χ1v) is 7.43. The second-order valence-electron chi connectivity index (χ2n) is 5.78. The zero-order chi connectivity index (χ0) is 15.6. The highest BCUT2D eigenvalue weighted by molar-refractivity contribution is 5.91. The average Bonchev–Trinajstić information content (AvgIpc) is 2.47. The lowest BCUT2D eigenvalue weighted by Crippen LogP contribution is -2.35.